The molecule has 0 saturated heterocycles. The molecule has 3 aromatic rings. The fourth-order valence-electron chi connectivity index (χ4n) is 3.47. The number of aromatic nitrogens is 1. The van der Waals surface area contributed by atoms with Crippen LogP contribution < -0.4 is 11.7 Å². The number of benzene rings is 2. The van der Waals surface area contributed by atoms with Gasteiger partial charge in [-0.05, 0) is 47.2 Å². The smallest absolute Gasteiger partial charge is 0.344 e. The summed E-state index contributed by atoms with van der Waals surface area (Å²) in [7, 11) is 0. The molecule has 0 atom stereocenters. The van der Waals surface area contributed by atoms with Gasteiger partial charge < -0.3 is 25.7 Å². The molecule has 2 aromatic carbocycles. The molecule has 0 amide bonds. The predicted octanol–water partition coefficient (Wildman–Crippen LogP) is 2.43. The van der Waals surface area contributed by atoms with Crippen LogP contribution in [0.1, 0.15) is 45.1 Å². The fourth-order valence-corrected chi connectivity index (χ4v) is 3.47. The number of hydrogen-bond donors (Lipinski definition) is 2. The number of rotatable bonds is 10. The summed E-state index contributed by atoms with van der Waals surface area (Å²) < 4.78 is 11.9. The van der Waals surface area contributed by atoms with Crippen molar-refractivity contribution in [3.05, 3.63) is 94.3 Å². The molecule has 3 rings (SSSR count). The molecular formula is C25H27N5O4. The zero-order valence-corrected chi connectivity index (χ0v) is 18.9. The van der Waals surface area contributed by atoms with Crippen LogP contribution >= 0.6 is 0 Å². The van der Waals surface area contributed by atoms with Crippen LogP contribution in [0.2, 0.25) is 0 Å². The normalized spacial score (nSPS) is 11.2. The minimum atomic E-state index is -0.591. The summed E-state index contributed by atoms with van der Waals surface area (Å²) in [5.41, 5.74) is 4.90. The lowest BCUT2D eigenvalue weighted by atomic mass is 10.0. The van der Waals surface area contributed by atoms with Gasteiger partial charge in [0.2, 0.25) is 0 Å². The van der Waals surface area contributed by atoms with Crippen molar-refractivity contribution in [1.82, 2.24) is 4.57 Å². The van der Waals surface area contributed by atoms with Gasteiger partial charge in [-0.2, -0.15) is 10.2 Å². The second-order valence-electron chi connectivity index (χ2n) is 7.47. The van der Waals surface area contributed by atoms with Gasteiger partial charge >= 0.3 is 11.9 Å². The standard InChI is InChI=1S/C25H27N5O4/c1-2-33-24(31)17-34-25(32)23-16-30(14-19-8-6-18(7-9-19)12-28-26)15-22(23)11-20-4-3-5-21(10-20)13-29-27/h3-10,12-13,15-16H,2,11,14,17,26-27H2,1H3. The van der Waals surface area contributed by atoms with Gasteiger partial charge in [0.05, 0.1) is 24.6 Å². The highest BCUT2D eigenvalue weighted by Crippen LogP contribution is 2.19. The van der Waals surface area contributed by atoms with Gasteiger partial charge in [-0.15, -0.1) is 0 Å². The Labute approximate surface area is 197 Å². The van der Waals surface area contributed by atoms with Crippen molar-refractivity contribution in [1.29, 1.82) is 0 Å². The second-order valence-corrected chi connectivity index (χ2v) is 7.47. The molecule has 0 aliphatic rings. The Morgan fingerprint density at radius 3 is 2.38 bits per heavy atom. The molecule has 1 heterocycles. The molecule has 0 aliphatic carbocycles. The third kappa shape index (κ3) is 6.80. The average Bonchev–Trinajstić information content (AvgIpc) is 3.21. The van der Waals surface area contributed by atoms with Crippen LogP contribution in [0.3, 0.4) is 0 Å². The number of hydrazone groups is 2. The summed E-state index contributed by atoms with van der Waals surface area (Å²) >= 11 is 0. The maximum absolute atomic E-state index is 12.8. The largest absolute Gasteiger partial charge is 0.463 e. The van der Waals surface area contributed by atoms with Gasteiger partial charge in [-0.1, -0.05) is 42.5 Å². The molecule has 0 fully saturated rings. The van der Waals surface area contributed by atoms with E-state index in [1.54, 1.807) is 25.5 Å². The maximum atomic E-state index is 12.8. The third-order valence-electron chi connectivity index (χ3n) is 4.95. The van der Waals surface area contributed by atoms with E-state index in [1.807, 2.05) is 59.3 Å². The third-order valence-corrected chi connectivity index (χ3v) is 4.95. The first kappa shape index (κ1) is 24.2. The first-order chi connectivity index (χ1) is 16.5. The van der Waals surface area contributed by atoms with Crippen LogP contribution in [-0.2, 0) is 27.2 Å². The van der Waals surface area contributed by atoms with E-state index in [9.17, 15) is 9.59 Å². The zero-order chi connectivity index (χ0) is 24.3. The number of carbonyl (C=O) groups is 2. The molecule has 9 heteroatoms. The van der Waals surface area contributed by atoms with Crippen LogP contribution in [0.15, 0.2) is 71.1 Å². The number of ether oxygens (including phenoxy) is 2. The quantitative estimate of drug-likeness (QED) is 0.206. The van der Waals surface area contributed by atoms with Crippen molar-refractivity contribution in [3.63, 3.8) is 0 Å². The van der Waals surface area contributed by atoms with Crippen molar-refractivity contribution in [2.45, 2.75) is 19.9 Å². The van der Waals surface area contributed by atoms with Gasteiger partial charge in [0.15, 0.2) is 6.61 Å². The van der Waals surface area contributed by atoms with Crippen molar-refractivity contribution >= 4 is 24.4 Å². The van der Waals surface area contributed by atoms with Gasteiger partial charge in [0.25, 0.3) is 0 Å². The number of hydrogen-bond acceptors (Lipinski definition) is 8. The van der Waals surface area contributed by atoms with E-state index in [0.29, 0.717) is 18.5 Å². The molecular weight excluding hydrogens is 434 g/mol. The Morgan fingerprint density at radius 2 is 1.68 bits per heavy atom. The molecule has 0 saturated carbocycles. The Hall–Kier alpha value is -4.40. The van der Waals surface area contributed by atoms with E-state index in [1.165, 1.54) is 0 Å². The maximum Gasteiger partial charge on any atom is 0.344 e. The summed E-state index contributed by atoms with van der Waals surface area (Å²) in [4.78, 5) is 24.4. The fraction of sp³-hybridized carbons (Fsp3) is 0.200. The minimum Gasteiger partial charge on any atom is -0.463 e. The van der Waals surface area contributed by atoms with Crippen molar-refractivity contribution in [3.8, 4) is 0 Å². The molecule has 0 spiro atoms. The van der Waals surface area contributed by atoms with Gasteiger partial charge in [-0.3, -0.25) is 0 Å². The average molecular weight is 462 g/mol. The summed E-state index contributed by atoms with van der Waals surface area (Å²) in [6, 6.07) is 15.4. The van der Waals surface area contributed by atoms with Gasteiger partial charge in [0, 0.05) is 18.9 Å². The highest BCUT2D eigenvalue weighted by Gasteiger charge is 2.18. The molecule has 176 valence electrons. The van der Waals surface area contributed by atoms with Crippen molar-refractivity contribution < 1.29 is 19.1 Å². The monoisotopic (exact) mass is 461 g/mol. The SMILES string of the molecule is CCOC(=O)COC(=O)c1cn(Cc2ccc(C=NN)cc2)cc1Cc1cccc(C=NN)c1. The highest BCUT2D eigenvalue weighted by molar-refractivity contribution is 5.92. The second kappa shape index (κ2) is 12.0. The number of nitrogens with zero attached hydrogens (tertiary/aromatic N) is 3. The molecule has 1 aromatic heterocycles. The highest BCUT2D eigenvalue weighted by atomic mass is 16.6. The number of nitrogens with two attached hydrogens (primary N) is 2. The van der Waals surface area contributed by atoms with Crippen molar-refractivity contribution in [2.75, 3.05) is 13.2 Å². The van der Waals surface area contributed by atoms with E-state index < -0.39 is 18.5 Å². The Balaban J connectivity index is 1.85. The first-order valence-electron chi connectivity index (χ1n) is 10.7. The number of carbonyl (C=O) groups excluding carboxylic acids is 2. The minimum absolute atomic E-state index is 0.219. The lowest BCUT2D eigenvalue weighted by Crippen LogP contribution is -2.17. The van der Waals surface area contributed by atoms with Crippen LogP contribution in [-0.4, -0.2) is 42.1 Å². The lowest BCUT2D eigenvalue weighted by Gasteiger charge is -2.06. The Bertz CT molecular complexity index is 1180. The van der Waals surface area contributed by atoms with E-state index in [4.69, 9.17) is 21.2 Å². The van der Waals surface area contributed by atoms with Gasteiger partial charge in [0.1, 0.15) is 0 Å². The zero-order valence-electron chi connectivity index (χ0n) is 18.9. The first-order valence-corrected chi connectivity index (χ1v) is 10.7. The Morgan fingerprint density at radius 1 is 0.941 bits per heavy atom. The lowest BCUT2D eigenvalue weighted by molar-refractivity contribution is -0.146. The van der Waals surface area contributed by atoms with Crippen LogP contribution in [0.5, 0.6) is 0 Å². The predicted molar refractivity (Wildman–Crippen MR) is 130 cm³/mol. The van der Waals surface area contributed by atoms with Gasteiger partial charge in [-0.25, -0.2) is 9.59 Å². The van der Waals surface area contributed by atoms with Crippen LogP contribution in [0.4, 0.5) is 0 Å². The van der Waals surface area contributed by atoms with Crippen LogP contribution in [0.25, 0.3) is 0 Å². The molecule has 0 radical (unpaired) electrons. The molecule has 4 N–H and O–H groups in total. The number of esters is 2. The Kier molecular flexibility index (Phi) is 8.56. The van der Waals surface area contributed by atoms with Crippen molar-refractivity contribution in [2.24, 2.45) is 21.9 Å². The summed E-state index contributed by atoms with van der Waals surface area (Å²) in [6.07, 6.45) is 7.24. The summed E-state index contributed by atoms with van der Waals surface area (Å²) in [5.74, 6) is 9.28. The summed E-state index contributed by atoms with van der Waals surface area (Å²) in [6.45, 7) is 2.01. The van der Waals surface area contributed by atoms with E-state index in [2.05, 4.69) is 10.2 Å². The van der Waals surface area contributed by atoms with E-state index in [-0.39, 0.29) is 6.61 Å². The molecule has 0 unspecified atom stereocenters. The molecule has 0 bridgehead atoms. The summed E-state index contributed by atoms with van der Waals surface area (Å²) in [5, 5.41) is 7.09. The van der Waals surface area contributed by atoms with E-state index in [0.717, 1.165) is 27.8 Å². The van der Waals surface area contributed by atoms with E-state index >= 15 is 0 Å². The topological polar surface area (TPSA) is 134 Å². The van der Waals surface area contributed by atoms with Crippen LogP contribution in [0, 0.1) is 0 Å². The molecule has 0 aliphatic heterocycles. The molecule has 34 heavy (non-hydrogen) atoms. The molecule has 9 nitrogen and oxygen atoms in total.